The van der Waals surface area contributed by atoms with Gasteiger partial charge in [0.05, 0.1) is 0 Å². The third-order valence-corrected chi connectivity index (χ3v) is 3.26. The van der Waals surface area contributed by atoms with Crippen molar-refractivity contribution in [3.8, 4) is 0 Å². The zero-order valence-electron chi connectivity index (χ0n) is 8.51. The molecule has 0 saturated carbocycles. The molecule has 0 aliphatic rings. The second-order valence-corrected chi connectivity index (χ2v) is 4.76. The van der Waals surface area contributed by atoms with E-state index in [0.29, 0.717) is 15.8 Å². The summed E-state index contributed by atoms with van der Waals surface area (Å²) in [6.45, 7) is 1.87. The van der Waals surface area contributed by atoms with E-state index in [4.69, 9.17) is 39.2 Å². The first kappa shape index (κ1) is 11.8. The average Bonchev–Trinajstić information content (AvgIpc) is 2.64. The molecular formula is C12H9Cl3O. The first-order valence-corrected chi connectivity index (χ1v) is 5.92. The van der Waals surface area contributed by atoms with Crippen LogP contribution >= 0.6 is 34.8 Å². The molecule has 1 atom stereocenters. The van der Waals surface area contributed by atoms with Crippen molar-refractivity contribution in [1.29, 1.82) is 0 Å². The van der Waals surface area contributed by atoms with Gasteiger partial charge in [-0.25, -0.2) is 0 Å². The van der Waals surface area contributed by atoms with Gasteiger partial charge in [0, 0.05) is 10.0 Å². The summed E-state index contributed by atoms with van der Waals surface area (Å²) in [5.41, 5.74) is 0.794. The molecule has 1 unspecified atom stereocenters. The monoisotopic (exact) mass is 274 g/mol. The maximum atomic E-state index is 6.28. The lowest BCUT2D eigenvalue weighted by Crippen LogP contribution is -1.92. The van der Waals surface area contributed by atoms with Gasteiger partial charge in [0.2, 0.25) is 0 Å². The van der Waals surface area contributed by atoms with E-state index in [-0.39, 0.29) is 0 Å². The van der Waals surface area contributed by atoms with Crippen molar-refractivity contribution in [2.45, 2.75) is 12.3 Å². The topological polar surface area (TPSA) is 13.1 Å². The fraction of sp³-hybridized carbons (Fsp3) is 0.167. The number of furan rings is 1. The van der Waals surface area contributed by atoms with Gasteiger partial charge >= 0.3 is 0 Å². The SMILES string of the molecule is Cc1ccc(C(Cl)c2ccc(Cl)cc2Cl)o1. The Kier molecular flexibility index (Phi) is 3.48. The Balaban J connectivity index is 2.37. The van der Waals surface area contributed by atoms with Crippen LogP contribution in [0.1, 0.15) is 22.5 Å². The lowest BCUT2D eigenvalue weighted by Gasteiger charge is -2.09. The van der Waals surface area contributed by atoms with Crippen LogP contribution in [-0.4, -0.2) is 0 Å². The molecule has 2 aromatic rings. The van der Waals surface area contributed by atoms with Crippen LogP contribution < -0.4 is 0 Å². The molecule has 0 N–H and O–H groups in total. The highest BCUT2D eigenvalue weighted by molar-refractivity contribution is 6.36. The van der Waals surface area contributed by atoms with Crippen LogP contribution in [0.4, 0.5) is 0 Å². The van der Waals surface area contributed by atoms with E-state index in [9.17, 15) is 0 Å². The van der Waals surface area contributed by atoms with Crippen molar-refractivity contribution >= 4 is 34.8 Å². The van der Waals surface area contributed by atoms with Gasteiger partial charge in [0.1, 0.15) is 16.9 Å². The number of rotatable bonds is 2. The first-order valence-electron chi connectivity index (χ1n) is 4.73. The Hall–Kier alpha value is -0.630. The Morgan fingerprint density at radius 2 is 1.88 bits per heavy atom. The summed E-state index contributed by atoms with van der Waals surface area (Å²) in [6, 6.07) is 8.95. The van der Waals surface area contributed by atoms with E-state index in [0.717, 1.165) is 11.3 Å². The molecule has 1 aromatic carbocycles. The van der Waals surface area contributed by atoms with Crippen LogP contribution in [0.5, 0.6) is 0 Å². The van der Waals surface area contributed by atoms with Gasteiger partial charge < -0.3 is 4.42 Å². The minimum absolute atomic E-state index is 0.390. The van der Waals surface area contributed by atoms with Gasteiger partial charge in [-0.1, -0.05) is 29.3 Å². The van der Waals surface area contributed by atoms with E-state index in [2.05, 4.69) is 0 Å². The van der Waals surface area contributed by atoms with Crippen LogP contribution in [0.25, 0.3) is 0 Å². The smallest absolute Gasteiger partial charge is 0.126 e. The maximum Gasteiger partial charge on any atom is 0.126 e. The predicted octanol–water partition coefficient (Wildman–Crippen LogP) is 5.22. The van der Waals surface area contributed by atoms with Crippen LogP contribution in [0.3, 0.4) is 0 Å². The third-order valence-electron chi connectivity index (χ3n) is 2.25. The predicted molar refractivity (Wildman–Crippen MR) is 67.6 cm³/mol. The van der Waals surface area contributed by atoms with Crippen molar-refractivity contribution in [3.63, 3.8) is 0 Å². The van der Waals surface area contributed by atoms with Crippen molar-refractivity contribution in [2.24, 2.45) is 0 Å². The van der Waals surface area contributed by atoms with Crippen LogP contribution in [0.15, 0.2) is 34.7 Å². The molecule has 84 valence electrons. The third kappa shape index (κ3) is 2.37. The van der Waals surface area contributed by atoms with Gasteiger partial charge in [0.25, 0.3) is 0 Å². The normalized spacial score (nSPS) is 12.8. The molecule has 16 heavy (non-hydrogen) atoms. The highest BCUT2D eigenvalue weighted by Crippen LogP contribution is 2.35. The van der Waals surface area contributed by atoms with Gasteiger partial charge in [-0.05, 0) is 36.8 Å². The molecule has 0 spiro atoms. The van der Waals surface area contributed by atoms with Crippen molar-refractivity contribution in [3.05, 3.63) is 57.5 Å². The Morgan fingerprint density at radius 1 is 1.12 bits per heavy atom. The van der Waals surface area contributed by atoms with E-state index < -0.39 is 5.38 Å². The number of alkyl halides is 1. The molecular weight excluding hydrogens is 266 g/mol. The van der Waals surface area contributed by atoms with Crippen LogP contribution in [0, 0.1) is 6.92 Å². The molecule has 0 aliphatic heterocycles. The zero-order valence-corrected chi connectivity index (χ0v) is 10.8. The molecule has 1 nitrogen and oxygen atoms in total. The zero-order chi connectivity index (χ0) is 11.7. The largest absolute Gasteiger partial charge is 0.464 e. The maximum absolute atomic E-state index is 6.28. The van der Waals surface area contributed by atoms with Crippen molar-refractivity contribution < 1.29 is 4.42 Å². The van der Waals surface area contributed by atoms with E-state index in [1.54, 1.807) is 18.2 Å². The molecule has 1 heterocycles. The molecule has 4 heteroatoms. The lowest BCUT2D eigenvalue weighted by atomic mass is 10.1. The minimum Gasteiger partial charge on any atom is -0.464 e. The van der Waals surface area contributed by atoms with E-state index in [1.807, 2.05) is 19.1 Å². The number of aryl methyl sites for hydroxylation is 1. The van der Waals surface area contributed by atoms with E-state index in [1.165, 1.54) is 0 Å². The molecule has 2 rings (SSSR count). The van der Waals surface area contributed by atoms with Crippen LogP contribution in [-0.2, 0) is 0 Å². The fourth-order valence-electron chi connectivity index (χ4n) is 1.45. The molecule has 1 aromatic heterocycles. The average molecular weight is 276 g/mol. The fourth-order valence-corrected chi connectivity index (χ4v) is 2.33. The molecule has 0 saturated heterocycles. The summed E-state index contributed by atoms with van der Waals surface area (Å²) in [5.74, 6) is 1.51. The molecule has 0 fully saturated rings. The van der Waals surface area contributed by atoms with Crippen molar-refractivity contribution in [2.75, 3.05) is 0 Å². The van der Waals surface area contributed by atoms with Gasteiger partial charge in [-0.3, -0.25) is 0 Å². The van der Waals surface area contributed by atoms with E-state index >= 15 is 0 Å². The molecule has 0 aliphatic carbocycles. The van der Waals surface area contributed by atoms with Crippen LogP contribution in [0.2, 0.25) is 10.0 Å². The summed E-state index contributed by atoms with van der Waals surface area (Å²) in [6.07, 6.45) is 0. The Morgan fingerprint density at radius 3 is 2.44 bits per heavy atom. The molecule has 0 amide bonds. The second kappa shape index (κ2) is 4.70. The standard InChI is InChI=1S/C12H9Cl3O/c1-7-2-5-11(16-7)12(15)9-4-3-8(13)6-10(9)14/h2-6,12H,1H3. The summed E-state index contributed by atoms with van der Waals surface area (Å²) >= 11 is 18.2. The highest BCUT2D eigenvalue weighted by Gasteiger charge is 2.17. The van der Waals surface area contributed by atoms with Gasteiger partial charge in [-0.2, -0.15) is 0 Å². The Labute approximate surface area is 109 Å². The lowest BCUT2D eigenvalue weighted by molar-refractivity contribution is 0.489. The summed E-state index contributed by atoms with van der Waals surface area (Å²) in [4.78, 5) is 0. The quantitative estimate of drug-likeness (QED) is 0.685. The molecule has 0 radical (unpaired) electrons. The number of halogens is 3. The first-order chi connectivity index (χ1) is 7.58. The molecule has 0 bridgehead atoms. The number of hydrogen-bond acceptors (Lipinski definition) is 1. The van der Waals surface area contributed by atoms with Gasteiger partial charge in [-0.15, -0.1) is 11.6 Å². The summed E-state index contributed by atoms with van der Waals surface area (Å²) in [7, 11) is 0. The highest BCUT2D eigenvalue weighted by atomic mass is 35.5. The summed E-state index contributed by atoms with van der Waals surface area (Å²) < 4.78 is 5.46. The number of hydrogen-bond donors (Lipinski definition) is 0. The second-order valence-electron chi connectivity index (χ2n) is 3.48. The Bertz CT molecular complexity index is 505. The minimum atomic E-state index is -0.390. The number of benzene rings is 1. The summed E-state index contributed by atoms with van der Waals surface area (Å²) in [5, 5.41) is 0.744. The van der Waals surface area contributed by atoms with Crippen molar-refractivity contribution in [1.82, 2.24) is 0 Å². The van der Waals surface area contributed by atoms with Gasteiger partial charge in [0.15, 0.2) is 0 Å².